The summed E-state index contributed by atoms with van der Waals surface area (Å²) >= 11 is 5.72. The summed E-state index contributed by atoms with van der Waals surface area (Å²) in [5.74, 6) is 1.61. The average molecular weight is 235 g/mol. The topological polar surface area (TPSA) is 24.9 Å². The second-order valence-corrected chi connectivity index (χ2v) is 4.28. The predicted octanol–water partition coefficient (Wildman–Crippen LogP) is 3.66. The van der Waals surface area contributed by atoms with Crippen molar-refractivity contribution in [3.05, 3.63) is 36.5 Å². The molecule has 0 aliphatic rings. The Labute approximate surface area is 101 Å². The number of rotatable bonds is 4. The van der Waals surface area contributed by atoms with Crippen LogP contribution in [-0.2, 0) is 0 Å². The van der Waals surface area contributed by atoms with Gasteiger partial charge in [0, 0.05) is 23.5 Å². The molecule has 0 amide bonds. The zero-order chi connectivity index (χ0) is 11.4. The lowest BCUT2D eigenvalue weighted by atomic mass is 10.1. The van der Waals surface area contributed by atoms with Crippen LogP contribution < -0.4 is 5.32 Å². The van der Waals surface area contributed by atoms with Crippen LogP contribution in [0.4, 0.5) is 5.82 Å². The summed E-state index contributed by atoms with van der Waals surface area (Å²) in [6.07, 6.45) is 2.77. The number of anilines is 1. The van der Waals surface area contributed by atoms with Crippen LogP contribution in [0.1, 0.15) is 13.3 Å². The fourth-order valence-electron chi connectivity index (χ4n) is 1.70. The van der Waals surface area contributed by atoms with E-state index in [4.69, 9.17) is 11.6 Å². The van der Waals surface area contributed by atoms with E-state index in [-0.39, 0.29) is 0 Å². The number of alkyl halides is 1. The summed E-state index contributed by atoms with van der Waals surface area (Å²) in [4.78, 5) is 4.37. The molecule has 2 aromatic rings. The van der Waals surface area contributed by atoms with Gasteiger partial charge in [-0.2, -0.15) is 0 Å². The maximum atomic E-state index is 5.72. The number of aromatic nitrogens is 1. The van der Waals surface area contributed by atoms with Crippen LogP contribution in [0.3, 0.4) is 0 Å². The van der Waals surface area contributed by atoms with Gasteiger partial charge in [-0.1, -0.05) is 24.3 Å². The van der Waals surface area contributed by atoms with E-state index in [9.17, 15) is 0 Å². The fraction of sp³-hybridized carbons (Fsp3) is 0.308. The highest BCUT2D eigenvalue weighted by molar-refractivity contribution is 6.17. The molecule has 0 radical (unpaired) electrons. The minimum absolute atomic E-state index is 0.343. The highest BCUT2D eigenvalue weighted by Crippen LogP contribution is 2.21. The monoisotopic (exact) mass is 234 g/mol. The lowest BCUT2D eigenvalue weighted by Crippen LogP contribution is -2.16. The third kappa shape index (κ3) is 2.45. The number of pyridine rings is 1. The highest BCUT2D eigenvalue weighted by Gasteiger charge is 2.05. The Hall–Kier alpha value is -1.28. The Morgan fingerprint density at radius 2 is 2.12 bits per heavy atom. The zero-order valence-corrected chi connectivity index (χ0v) is 10.0. The van der Waals surface area contributed by atoms with E-state index < -0.39 is 0 Å². The molecule has 0 saturated heterocycles. The third-order valence-corrected chi connectivity index (χ3v) is 2.82. The van der Waals surface area contributed by atoms with Gasteiger partial charge in [-0.3, -0.25) is 0 Å². The molecular weight excluding hydrogens is 220 g/mol. The maximum absolute atomic E-state index is 5.72. The van der Waals surface area contributed by atoms with E-state index in [2.05, 4.69) is 29.4 Å². The average Bonchev–Trinajstić information content (AvgIpc) is 2.30. The Morgan fingerprint density at radius 1 is 1.31 bits per heavy atom. The Morgan fingerprint density at radius 3 is 2.94 bits per heavy atom. The van der Waals surface area contributed by atoms with Gasteiger partial charge in [-0.05, 0) is 24.8 Å². The van der Waals surface area contributed by atoms with Crippen molar-refractivity contribution < 1.29 is 0 Å². The number of nitrogens with one attached hydrogen (secondary N) is 1. The number of nitrogens with zero attached hydrogens (tertiary/aromatic N) is 1. The number of hydrogen-bond donors (Lipinski definition) is 1. The predicted molar refractivity (Wildman–Crippen MR) is 70.2 cm³/mol. The van der Waals surface area contributed by atoms with Crippen LogP contribution in [0, 0.1) is 0 Å². The van der Waals surface area contributed by atoms with Crippen molar-refractivity contribution in [3.8, 4) is 0 Å². The molecule has 1 heterocycles. The van der Waals surface area contributed by atoms with E-state index in [1.807, 2.05) is 24.4 Å². The summed E-state index contributed by atoms with van der Waals surface area (Å²) in [5, 5.41) is 5.76. The summed E-state index contributed by atoms with van der Waals surface area (Å²) in [7, 11) is 0. The van der Waals surface area contributed by atoms with Crippen molar-refractivity contribution in [1.29, 1.82) is 0 Å². The summed E-state index contributed by atoms with van der Waals surface area (Å²) in [5.41, 5.74) is 0. The standard InChI is InChI=1S/C13H15ClN2/c1-10(6-8-14)16-13-12-5-3-2-4-11(12)7-9-15-13/h2-5,7,9-10H,6,8H2,1H3,(H,15,16). The van der Waals surface area contributed by atoms with E-state index in [1.54, 1.807) is 0 Å². The lowest BCUT2D eigenvalue weighted by molar-refractivity contribution is 0.765. The lowest BCUT2D eigenvalue weighted by Gasteiger charge is -2.14. The van der Waals surface area contributed by atoms with Crippen molar-refractivity contribution in [3.63, 3.8) is 0 Å². The molecule has 1 aromatic heterocycles. The Balaban J connectivity index is 2.30. The molecule has 16 heavy (non-hydrogen) atoms. The fourth-order valence-corrected chi connectivity index (χ4v) is 2.03. The molecular formula is C13H15ClN2. The number of fused-ring (bicyclic) bond motifs is 1. The van der Waals surface area contributed by atoms with Gasteiger partial charge in [0.05, 0.1) is 0 Å². The van der Waals surface area contributed by atoms with Crippen LogP contribution >= 0.6 is 11.6 Å². The van der Waals surface area contributed by atoms with E-state index in [1.165, 1.54) is 5.39 Å². The molecule has 2 rings (SSSR count). The van der Waals surface area contributed by atoms with Crippen LogP contribution in [0.5, 0.6) is 0 Å². The van der Waals surface area contributed by atoms with Gasteiger partial charge in [0.2, 0.25) is 0 Å². The van der Waals surface area contributed by atoms with Gasteiger partial charge in [0.1, 0.15) is 5.82 Å². The molecule has 3 heteroatoms. The number of hydrogen-bond acceptors (Lipinski definition) is 2. The molecule has 84 valence electrons. The van der Waals surface area contributed by atoms with Crippen LogP contribution in [-0.4, -0.2) is 16.9 Å². The van der Waals surface area contributed by atoms with Crippen LogP contribution in [0.2, 0.25) is 0 Å². The highest BCUT2D eigenvalue weighted by atomic mass is 35.5. The first-order chi connectivity index (χ1) is 7.81. The molecule has 0 aliphatic heterocycles. The molecule has 1 aromatic carbocycles. The Bertz CT molecular complexity index is 465. The minimum Gasteiger partial charge on any atom is -0.367 e. The minimum atomic E-state index is 0.343. The normalized spacial score (nSPS) is 12.6. The second kappa shape index (κ2) is 5.17. The zero-order valence-electron chi connectivity index (χ0n) is 9.28. The maximum Gasteiger partial charge on any atom is 0.134 e. The molecule has 0 aliphatic carbocycles. The second-order valence-electron chi connectivity index (χ2n) is 3.90. The van der Waals surface area contributed by atoms with Crippen molar-refractivity contribution in [2.75, 3.05) is 11.2 Å². The molecule has 0 spiro atoms. The summed E-state index contributed by atoms with van der Waals surface area (Å²) in [6, 6.07) is 10.6. The molecule has 0 bridgehead atoms. The van der Waals surface area contributed by atoms with Crippen molar-refractivity contribution in [1.82, 2.24) is 4.98 Å². The van der Waals surface area contributed by atoms with Gasteiger partial charge in [0.15, 0.2) is 0 Å². The van der Waals surface area contributed by atoms with Gasteiger partial charge in [-0.15, -0.1) is 11.6 Å². The number of benzene rings is 1. The Kier molecular flexibility index (Phi) is 3.62. The summed E-state index contributed by atoms with van der Waals surface area (Å²) < 4.78 is 0. The van der Waals surface area contributed by atoms with Crippen LogP contribution in [0.15, 0.2) is 36.5 Å². The first-order valence-electron chi connectivity index (χ1n) is 5.47. The number of halogens is 1. The summed E-state index contributed by atoms with van der Waals surface area (Å²) in [6.45, 7) is 2.12. The molecule has 0 saturated carbocycles. The van der Waals surface area contributed by atoms with E-state index in [0.29, 0.717) is 11.9 Å². The van der Waals surface area contributed by atoms with E-state index in [0.717, 1.165) is 17.6 Å². The first kappa shape index (κ1) is 11.2. The van der Waals surface area contributed by atoms with Crippen molar-refractivity contribution in [2.45, 2.75) is 19.4 Å². The molecule has 1 atom stereocenters. The van der Waals surface area contributed by atoms with E-state index >= 15 is 0 Å². The van der Waals surface area contributed by atoms with Gasteiger partial charge in [0.25, 0.3) is 0 Å². The van der Waals surface area contributed by atoms with Gasteiger partial charge in [-0.25, -0.2) is 4.98 Å². The molecule has 2 nitrogen and oxygen atoms in total. The van der Waals surface area contributed by atoms with Crippen molar-refractivity contribution >= 4 is 28.2 Å². The third-order valence-electron chi connectivity index (χ3n) is 2.60. The SMILES string of the molecule is CC(CCCl)Nc1nccc2ccccc12. The van der Waals surface area contributed by atoms with Gasteiger partial charge >= 0.3 is 0 Å². The molecule has 0 fully saturated rings. The van der Waals surface area contributed by atoms with Crippen molar-refractivity contribution in [2.24, 2.45) is 0 Å². The van der Waals surface area contributed by atoms with Crippen LogP contribution in [0.25, 0.3) is 10.8 Å². The smallest absolute Gasteiger partial charge is 0.134 e. The molecule has 1 unspecified atom stereocenters. The first-order valence-corrected chi connectivity index (χ1v) is 6.01. The quantitative estimate of drug-likeness (QED) is 0.817. The largest absolute Gasteiger partial charge is 0.367 e. The van der Waals surface area contributed by atoms with Gasteiger partial charge < -0.3 is 5.32 Å². The molecule has 1 N–H and O–H groups in total.